The van der Waals surface area contributed by atoms with E-state index in [0.717, 1.165) is 13.0 Å². The second kappa shape index (κ2) is 4.06. The molecule has 96 valence electrons. The fourth-order valence-corrected chi connectivity index (χ4v) is 3.54. The first-order valence-corrected chi connectivity index (χ1v) is 9.48. The van der Waals surface area contributed by atoms with Gasteiger partial charge in [0.1, 0.15) is 5.78 Å². The molecule has 1 saturated carbocycles. The van der Waals surface area contributed by atoms with Gasteiger partial charge in [0.2, 0.25) is 0 Å². The fourth-order valence-electron chi connectivity index (χ4n) is 2.50. The average molecular weight is 252 g/mol. The van der Waals surface area contributed by atoms with Crippen molar-refractivity contribution in [3.63, 3.8) is 0 Å². The van der Waals surface area contributed by atoms with Crippen LogP contribution in [0.2, 0.25) is 18.1 Å². The number of hydrogen-bond donors (Lipinski definition) is 0. The zero-order valence-corrected chi connectivity index (χ0v) is 12.6. The predicted octanol–water partition coefficient (Wildman–Crippen LogP) is 3.40. The zero-order valence-electron chi connectivity index (χ0n) is 11.6. The Morgan fingerprint density at radius 1 is 1.35 bits per heavy atom. The van der Waals surface area contributed by atoms with Crippen molar-refractivity contribution < 1.29 is 9.22 Å². The minimum Gasteiger partial charge on any atom is -0.416 e. The Balaban J connectivity index is 1.95. The Bertz CT molecular complexity index is 352. The number of carbonyl (C=O) groups excluding carboxylic acids is 1. The molecule has 0 aliphatic heterocycles. The van der Waals surface area contributed by atoms with Crippen LogP contribution >= 0.6 is 0 Å². The van der Waals surface area contributed by atoms with Gasteiger partial charge in [0.25, 0.3) is 0 Å². The highest BCUT2D eigenvalue weighted by Crippen LogP contribution is 2.44. The van der Waals surface area contributed by atoms with Crippen LogP contribution < -0.4 is 0 Å². The summed E-state index contributed by atoms with van der Waals surface area (Å²) in [5.74, 6) is 1.46. The van der Waals surface area contributed by atoms with Gasteiger partial charge in [0.05, 0.1) is 0 Å². The molecule has 3 atom stereocenters. The first-order chi connectivity index (χ1) is 7.72. The summed E-state index contributed by atoms with van der Waals surface area (Å²) in [7, 11) is -1.66. The van der Waals surface area contributed by atoms with Crippen LogP contribution in [0.3, 0.4) is 0 Å². The van der Waals surface area contributed by atoms with E-state index in [1.807, 2.05) is 0 Å². The quantitative estimate of drug-likeness (QED) is 0.568. The molecule has 0 heterocycles. The Hall–Kier alpha value is -0.413. The minimum atomic E-state index is -1.66. The molecule has 3 heteroatoms. The molecule has 0 radical (unpaired) electrons. The third-order valence-corrected chi connectivity index (χ3v) is 9.33. The lowest BCUT2D eigenvalue weighted by Gasteiger charge is -2.37. The van der Waals surface area contributed by atoms with Crippen molar-refractivity contribution in [2.45, 2.75) is 45.3 Å². The van der Waals surface area contributed by atoms with Crippen molar-refractivity contribution in [3.8, 4) is 0 Å². The van der Waals surface area contributed by atoms with Crippen LogP contribution in [0.1, 0.15) is 27.2 Å². The topological polar surface area (TPSA) is 26.3 Å². The van der Waals surface area contributed by atoms with Crippen molar-refractivity contribution in [1.82, 2.24) is 0 Å². The number of fused-ring (bicyclic) bond motifs is 2. The number of rotatable bonds is 3. The molecule has 2 aliphatic rings. The maximum atomic E-state index is 11.7. The van der Waals surface area contributed by atoms with Crippen molar-refractivity contribution in [2.75, 3.05) is 6.61 Å². The Labute approximate surface area is 106 Å². The molecule has 2 nitrogen and oxygen atoms in total. The summed E-state index contributed by atoms with van der Waals surface area (Å²) in [6, 6.07) is 0. The highest BCUT2D eigenvalue weighted by molar-refractivity contribution is 6.74. The summed E-state index contributed by atoms with van der Waals surface area (Å²) in [4.78, 5) is 11.7. The first-order valence-electron chi connectivity index (χ1n) is 6.57. The van der Waals surface area contributed by atoms with Crippen LogP contribution in [0.15, 0.2) is 12.2 Å². The molecule has 0 saturated heterocycles. The minimum absolute atomic E-state index is 0.157. The Kier molecular flexibility index (Phi) is 3.11. The van der Waals surface area contributed by atoms with E-state index < -0.39 is 8.32 Å². The molecule has 2 rings (SSSR count). The molecular weight excluding hydrogens is 228 g/mol. The molecule has 0 aromatic rings. The van der Waals surface area contributed by atoms with Crippen molar-refractivity contribution in [1.29, 1.82) is 0 Å². The van der Waals surface area contributed by atoms with E-state index in [2.05, 4.69) is 46.0 Å². The molecule has 0 aromatic carbocycles. The van der Waals surface area contributed by atoms with Gasteiger partial charge in [-0.1, -0.05) is 32.9 Å². The van der Waals surface area contributed by atoms with Gasteiger partial charge in [-0.05, 0) is 24.1 Å². The Morgan fingerprint density at radius 2 is 2.00 bits per heavy atom. The maximum absolute atomic E-state index is 11.7. The SMILES string of the molecule is CC(C)(C)[Si](C)(C)OC[C@H]1[C@@H]2C=C[C@H]1C(=O)C2. The summed E-state index contributed by atoms with van der Waals surface area (Å²) in [6.45, 7) is 12.1. The van der Waals surface area contributed by atoms with Gasteiger partial charge >= 0.3 is 0 Å². The van der Waals surface area contributed by atoms with Crippen LogP contribution in [0, 0.1) is 17.8 Å². The standard InChI is InChI=1S/C14H24O2Si/c1-14(2,3)17(4,5)16-9-12-10-6-7-11(12)13(15)8-10/h6-7,10-12H,8-9H2,1-5H3/t10-,11-,12+/m1/s1. The van der Waals surface area contributed by atoms with Crippen LogP contribution in [0.25, 0.3) is 0 Å². The normalized spacial score (nSPS) is 32.5. The first kappa shape index (κ1) is 13.0. The van der Waals surface area contributed by atoms with Crippen molar-refractivity contribution in [2.24, 2.45) is 17.8 Å². The van der Waals surface area contributed by atoms with E-state index in [9.17, 15) is 4.79 Å². The lowest BCUT2D eigenvalue weighted by atomic mass is 9.98. The van der Waals surface area contributed by atoms with E-state index in [1.165, 1.54) is 0 Å². The molecule has 0 N–H and O–H groups in total. The monoisotopic (exact) mass is 252 g/mol. The van der Waals surface area contributed by atoms with Crippen molar-refractivity contribution in [3.05, 3.63) is 12.2 Å². The van der Waals surface area contributed by atoms with Crippen LogP contribution in [0.4, 0.5) is 0 Å². The predicted molar refractivity (Wildman–Crippen MR) is 72.4 cm³/mol. The van der Waals surface area contributed by atoms with Crippen LogP contribution in [-0.2, 0) is 9.22 Å². The summed E-state index contributed by atoms with van der Waals surface area (Å²) in [5, 5.41) is 0.252. The van der Waals surface area contributed by atoms with Gasteiger partial charge in [0.15, 0.2) is 8.32 Å². The largest absolute Gasteiger partial charge is 0.416 e. The van der Waals surface area contributed by atoms with Gasteiger partial charge in [-0.2, -0.15) is 0 Å². The summed E-state index contributed by atoms with van der Waals surface area (Å²) in [6.07, 6.45) is 5.05. The van der Waals surface area contributed by atoms with Gasteiger partial charge in [-0.3, -0.25) is 4.79 Å². The molecule has 2 aliphatic carbocycles. The second-order valence-electron chi connectivity index (χ2n) is 6.98. The maximum Gasteiger partial charge on any atom is 0.191 e. The van der Waals surface area contributed by atoms with Crippen LogP contribution in [0.5, 0.6) is 0 Å². The summed E-state index contributed by atoms with van der Waals surface area (Å²) >= 11 is 0. The number of hydrogen-bond acceptors (Lipinski definition) is 2. The van der Waals surface area contributed by atoms with E-state index >= 15 is 0 Å². The van der Waals surface area contributed by atoms with Gasteiger partial charge in [-0.25, -0.2) is 0 Å². The molecule has 0 spiro atoms. The van der Waals surface area contributed by atoms with E-state index in [4.69, 9.17) is 4.43 Å². The number of ketones is 1. The highest BCUT2D eigenvalue weighted by atomic mass is 28.4. The van der Waals surface area contributed by atoms with E-state index in [-0.39, 0.29) is 11.0 Å². The van der Waals surface area contributed by atoms with Gasteiger partial charge in [-0.15, -0.1) is 0 Å². The van der Waals surface area contributed by atoms with Gasteiger partial charge in [0, 0.05) is 24.9 Å². The molecule has 17 heavy (non-hydrogen) atoms. The molecule has 0 aromatic heterocycles. The summed E-state index contributed by atoms with van der Waals surface area (Å²) < 4.78 is 6.25. The Morgan fingerprint density at radius 3 is 2.41 bits per heavy atom. The van der Waals surface area contributed by atoms with Crippen molar-refractivity contribution >= 4 is 14.1 Å². The lowest BCUT2D eigenvalue weighted by molar-refractivity contribution is -0.120. The molecule has 0 amide bonds. The van der Waals surface area contributed by atoms with Crippen LogP contribution in [-0.4, -0.2) is 20.7 Å². The molecule has 1 fully saturated rings. The second-order valence-corrected chi connectivity index (χ2v) is 11.8. The van der Waals surface area contributed by atoms with E-state index in [1.54, 1.807) is 0 Å². The zero-order chi connectivity index (χ0) is 12.8. The third kappa shape index (κ3) is 2.27. The third-order valence-electron chi connectivity index (χ3n) is 4.83. The molecule has 2 bridgehead atoms. The van der Waals surface area contributed by atoms with E-state index in [0.29, 0.717) is 17.6 Å². The fraction of sp³-hybridized carbons (Fsp3) is 0.786. The molecule has 0 unspecified atom stereocenters. The average Bonchev–Trinajstić information content (AvgIpc) is 2.68. The van der Waals surface area contributed by atoms with Gasteiger partial charge < -0.3 is 4.43 Å². The summed E-state index contributed by atoms with van der Waals surface area (Å²) in [5.41, 5.74) is 0. The highest BCUT2D eigenvalue weighted by Gasteiger charge is 2.45. The molecular formula is C14H24O2Si. The number of allylic oxidation sites excluding steroid dienone is 2. The number of Topliss-reactive ketones (excluding diaryl/α,β-unsaturated/α-hetero) is 1. The number of carbonyl (C=O) groups is 1. The lowest BCUT2D eigenvalue weighted by Crippen LogP contribution is -2.42. The smallest absolute Gasteiger partial charge is 0.191 e.